The van der Waals surface area contributed by atoms with Crippen molar-refractivity contribution >= 4 is 17.6 Å². The van der Waals surface area contributed by atoms with Gasteiger partial charge in [0, 0.05) is 25.0 Å². The van der Waals surface area contributed by atoms with Crippen LogP contribution in [0, 0.1) is 5.92 Å². The molecular formula is C13H14F2N2O3. The quantitative estimate of drug-likeness (QED) is 0.894. The molecule has 1 aliphatic rings. The van der Waals surface area contributed by atoms with Crippen LogP contribution >= 0.6 is 0 Å². The number of carboxylic acid groups (broad SMARTS) is 1. The zero-order valence-electron chi connectivity index (χ0n) is 10.6. The van der Waals surface area contributed by atoms with E-state index >= 15 is 0 Å². The van der Waals surface area contributed by atoms with Crippen LogP contribution < -0.4 is 5.32 Å². The van der Waals surface area contributed by atoms with E-state index in [1.807, 2.05) is 0 Å². The fourth-order valence-electron chi connectivity index (χ4n) is 2.22. The molecule has 7 heteroatoms. The number of carboxylic acids is 1. The molecule has 0 saturated heterocycles. The molecule has 1 aromatic rings. The summed E-state index contributed by atoms with van der Waals surface area (Å²) in [7, 11) is 0. The molecule has 0 spiro atoms. The fraction of sp³-hybridized carbons (Fsp3) is 0.462. The van der Waals surface area contributed by atoms with Crippen molar-refractivity contribution in [3.05, 3.63) is 24.0 Å². The van der Waals surface area contributed by atoms with Crippen molar-refractivity contribution in [1.82, 2.24) is 4.98 Å². The van der Waals surface area contributed by atoms with E-state index in [1.54, 1.807) is 0 Å². The molecule has 20 heavy (non-hydrogen) atoms. The lowest BCUT2D eigenvalue weighted by Crippen LogP contribution is -2.32. The molecule has 1 amide bonds. The highest BCUT2D eigenvalue weighted by atomic mass is 19.3. The number of rotatable bonds is 3. The average molecular weight is 284 g/mol. The summed E-state index contributed by atoms with van der Waals surface area (Å²) in [6.45, 7) is 0. The molecule has 1 heterocycles. The first-order valence-corrected chi connectivity index (χ1v) is 6.25. The summed E-state index contributed by atoms with van der Waals surface area (Å²) in [6.07, 6.45) is 2.11. The van der Waals surface area contributed by atoms with Gasteiger partial charge in [-0.2, -0.15) is 0 Å². The normalized spacial score (nSPS) is 18.5. The van der Waals surface area contributed by atoms with Gasteiger partial charge in [-0.05, 0) is 18.9 Å². The van der Waals surface area contributed by atoms with Crippen molar-refractivity contribution in [3.63, 3.8) is 0 Å². The molecule has 5 nitrogen and oxygen atoms in total. The molecule has 0 aliphatic heterocycles. The fourth-order valence-corrected chi connectivity index (χ4v) is 2.22. The maximum atomic E-state index is 13.0. The van der Waals surface area contributed by atoms with Gasteiger partial charge in [0.2, 0.25) is 11.8 Å². The van der Waals surface area contributed by atoms with Crippen molar-refractivity contribution in [2.75, 3.05) is 5.32 Å². The van der Waals surface area contributed by atoms with Gasteiger partial charge in [0.1, 0.15) is 0 Å². The van der Waals surface area contributed by atoms with Crippen LogP contribution in [0.5, 0.6) is 0 Å². The first kappa shape index (κ1) is 14.4. The Morgan fingerprint density at radius 2 is 2.00 bits per heavy atom. The predicted octanol–water partition coefficient (Wildman–Crippen LogP) is 2.54. The van der Waals surface area contributed by atoms with Gasteiger partial charge < -0.3 is 10.4 Å². The Bertz CT molecular complexity index is 524. The Hall–Kier alpha value is -2.05. The SMILES string of the molecule is O=C(O)c1ccncc1NC(=O)C1CCC(F)(F)CC1. The van der Waals surface area contributed by atoms with Crippen LogP contribution in [0.2, 0.25) is 0 Å². The maximum absolute atomic E-state index is 13.0. The third-order valence-corrected chi connectivity index (χ3v) is 3.40. The smallest absolute Gasteiger partial charge is 0.337 e. The first-order chi connectivity index (χ1) is 9.39. The summed E-state index contributed by atoms with van der Waals surface area (Å²) >= 11 is 0. The second kappa shape index (κ2) is 5.52. The van der Waals surface area contributed by atoms with Crippen LogP contribution in [0.3, 0.4) is 0 Å². The van der Waals surface area contributed by atoms with Gasteiger partial charge >= 0.3 is 5.97 Å². The second-order valence-electron chi connectivity index (χ2n) is 4.85. The summed E-state index contributed by atoms with van der Waals surface area (Å²) < 4.78 is 26.0. The number of carbonyl (C=O) groups excluding carboxylic acids is 1. The maximum Gasteiger partial charge on any atom is 0.337 e. The van der Waals surface area contributed by atoms with E-state index in [0.717, 1.165) is 0 Å². The standard InChI is InChI=1S/C13H14F2N2O3/c14-13(15)4-1-8(2-5-13)11(18)17-10-7-16-6-3-9(10)12(19)20/h3,6-8H,1-2,4-5H2,(H,17,18)(H,19,20). The number of hydrogen-bond donors (Lipinski definition) is 2. The number of pyridine rings is 1. The van der Waals surface area contributed by atoms with E-state index in [1.165, 1.54) is 18.5 Å². The Morgan fingerprint density at radius 1 is 1.35 bits per heavy atom. The molecule has 2 N–H and O–H groups in total. The van der Waals surface area contributed by atoms with Gasteiger partial charge in [-0.3, -0.25) is 9.78 Å². The molecule has 0 radical (unpaired) electrons. The Labute approximate surface area is 114 Å². The van der Waals surface area contributed by atoms with Gasteiger partial charge in [-0.15, -0.1) is 0 Å². The second-order valence-corrected chi connectivity index (χ2v) is 4.85. The Kier molecular flexibility index (Phi) is 3.96. The molecule has 1 saturated carbocycles. The van der Waals surface area contributed by atoms with Gasteiger partial charge in [-0.1, -0.05) is 0 Å². The molecule has 108 valence electrons. The summed E-state index contributed by atoms with van der Waals surface area (Å²) in [4.78, 5) is 26.7. The van der Waals surface area contributed by atoms with Gasteiger partial charge in [-0.25, -0.2) is 13.6 Å². The molecule has 2 rings (SSSR count). The highest BCUT2D eigenvalue weighted by molar-refractivity contribution is 6.00. The van der Waals surface area contributed by atoms with Gasteiger partial charge in [0.05, 0.1) is 17.4 Å². The van der Waals surface area contributed by atoms with Crippen LogP contribution in [-0.2, 0) is 4.79 Å². The number of carbonyl (C=O) groups is 2. The number of nitrogens with zero attached hydrogens (tertiary/aromatic N) is 1. The number of halogens is 2. The molecule has 1 aromatic heterocycles. The summed E-state index contributed by atoms with van der Waals surface area (Å²) in [6, 6.07) is 1.27. The summed E-state index contributed by atoms with van der Waals surface area (Å²) in [5.41, 5.74) is 0.0109. The molecule has 0 bridgehead atoms. The van der Waals surface area contributed by atoms with Crippen molar-refractivity contribution in [1.29, 1.82) is 0 Å². The lowest BCUT2D eigenvalue weighted by atomic mass is 9.86. The Balaban J connectivity index is 2.04. The monoisotopic (exact) mass is 284 g/mol. The van der Waals surface area contributed by atoms with E-state index < -0.39 is 23.7 Å². The molecule has 0 unspecified atom stereocenters. The third-order valence-electron chi connectivity index (χ3n) is 3.40. The minimum Gasteiger partial charge on any atom is -0.478 e. The van der Waals surface area contributed by atoms with Crippen molar-refractivity contribution in [3.8, 4) is 0 Å². The zero-order chi connectivity index (χ0) is 14.8. The molecule has 1 aliphatic carbocycles. The lowest BCUT2D eigenvalue weighted by Gasteiger charge is -2.27. The van der Waals surface area contributed by atoms with Crippen molar-refractivity contribution in [2.24, 2.45) is 5.92 Å². The highest BCUT2D eigenvalue weighted by Gasteiger charge is 2.37. The molecule has 0 atom stereocenters. The van der Waals surface area contributed by atoms with E-state index in [4.69, 9.17) is 5.11 Å². The van der Waals surface area contributed by atoms with E-state index in [9.17, 15) is 18.4 Å². The number of hydrogen-bond acceptors (Lipinski definition) is 3. The van der Waals surface area contributed by atoms with Crippen LogP contribution in [0.25, 0.3) is 0 Å². The van der Waals surface area contributed by atoms with Crippen LogP contribution in [0.15, 0.2) is 18.5 Å². The minimum atomic E-state index is -2.70. The number of anilines is 1. The number of nitrogens with one attached hydrogen (secondary N) is 1. The Morgan fingerprint density at radius 3 is 2.60 bits per heavy atom. The number of aromatic carboxylic acids is 1. The number of amides is 1. The van der Waals surface area contributed by atoms with Crippen molar-refractivity contribution in [2.45, 2.75) is 31.6 Å². The van der Waals surface area contributed by atoms with E-state index in [-0.39, 0.29) is 36.9 Å². The van der Waals surface area contributed by atoms with E-state index in [2.05, 4.69) is 10.3 Å². The minimum absolute atomic E-state index is 0.0745. The van der Waals surface area contributed by atoms with Crippen molar-refractivity contribution < 1.29 is 23.5 Å². The number of aromatic nitrogens is 1. The largest absolute Gasteiger partial charge is 0.478 e. The first-order valence-electron chi connectivity index (χ1n) is 6.25. The zero-order valence-corrected chi connectivity index (χ0v) is 10.6. The summed E-state index contributed by atoms with van der Waals surface area (Å²) in [5.74, 6) is -4.83. The molecular weight excluding hydrogens is 270 g/mol. The predicted molar refractivity (Wildman–Crippen MR) is 66.7 cm³/mol. The molecule has 1 fully saturated rings. The van der Waals surface area contributed by atoms with Crippen LogP contribution in [0.1, 0.15) is 36.0 Å². The topological polar surface area (TPSA) is 79.3 Å². The third kappa shape index (κ3) is 3.28. The lowest BCUT2D eigenvalue weighted by molar-refractivity contribution is -0.124. The highest BCUT2D eigenvalue weighted by Crippen LogP contribution is 2.36. The van der Waals surface area contributed by atoms with Crippen LogP contribution in [-0.4, -0.2) is 27.9 Å². The summed E-state index contributed by atoms with van der Waals surface area (Å²) in [5, 5.41) is 11.4. The van der Waals surface area contributed by atoms with Gasteiger partial charge in [0.25, 0.3) is 0 Å². The number of alkyl halides is 2. The van der Waals surface area contributed by atoms with Crippen LogP contribution in [0.4, 0.5) is 14.5 Å². The van der Waals surface area contributed by atoms with E-state index in [0.29, 0.717) is 0 Å². The molecule has 0 aromatic carbocycles. The van der Waals surface area contributed by atoms with Gasteiger partial charge in [0.15, 0.2) is 0 Å². The average Bonchev–Trinajstić information content (AvgIpc) is 2.38.